The maximum Gasteiger partial charge on any atom is 0.338 e. The molecule has 3 rings (SSSR count). The van der Waals surface area contributed by atoms with Gasteiger partial charge in [-0.25, -0.2) is 9.79 Å². The van der Waals surface area contributed by atoms with Gasteiger partial charge in [0.1, 0.15) is 0 Å². The number of nitrogens with zero attached hydrogens (tertiary/aromatic N) is 2. The van der Waals surface area contributed by atoms with Crippen molar-refractivity contribution in [3.63, 3.8) is 0 Å². The molecule has 2 heterocycles. The van der Waals surface area contributed by atoms with Crippen LogP contribution in [0.3, 0.4) is 0 Å². The lowest BCUT2D eigenvalue weighted by atomic mass is 9.93. The van der Waals surface area contributed by atoms with E-state index in [9.17, 15) is 9.59 Å². The molecule has 2 atom stereocenters. The summed E-state index contributed by atoms with van der Waals surface area (Å²) in [5.41, 5.74) is 3.10. The Balaban J connectivity index is 2.06. The highest BCUT2D eigenvalue weighted by Crippen LogP contribution is 2.44. The zero-order chi connectivity index (χ0) is 19.7. The minimum Gasteiger partial charge on any atom is -0.462 e. The fourth-order valence-electron chi connectivity index (χ4n) is 3.23. The smallest absolute Gasteiger partial charge is 0.338 e. The van der Waals surface area contributed by atoms with Crippen LogP contribution in [0.5, 0.6) is 0 Å². The number of esters is 1. The van der Waals surface area contributed by atoms with Gasteiger partial charge in [0.25, 0.3) is 0 Å². The van der Waals surface area contributed by atoms with Crippen molar-refractivity contribution in [1.82, 2.24) is 4.90 Å². The van der Waals surface area contributed by atoms with Crippen LogP contribution in [0.15, 0.2) is 40.5 Å². The zero-order valence-corrected chi connectivity index (χ0v) is 17.3. The van der Waals surface area contributed by atoms with Gasteiger partial charge in [-0.2, -0.15) is 0 Å². The van der Waals surface area contributed by atoms with Gasteiger partial charge in [-0.15, -0.1) is 0 Å². The Labute approximate surface area is 164 Å². The fraction of sp³-hybridized carbons (Fsp3) is 0.476. The number of benzene rings is 1. The Bertz CT molecular complexity index is 811. The van der Waals surface area contributed by atoms with E-state index in [4.69, 9.17) is 4.74 Å². The number of fused-ring (bicyclic) bond motifs is 1. The van der Waals surface area contributed by atoms with Crippen molar-refractivity contribution in [2.75, 3.05) is 6.61 Å². The summed E-state index contributed by atoms with van der Waals surface area (Å²) in [6, 6.07) is 7.46. The highest BCUT2D eigenvalue weighted by molar-refractivity contribution is 8.15. The van der Waals surface area contributed by atoms with Crippen LogP contribution in [0.2, 0.25) is 0 Å². The van der Waals surface area contributed by atoms with Crippen LogP contribution in [0.25, 0.3) is 0 Å². The topological polar surface area (TPSA) is 59.0 Å². The van der Waals surface area contributed by atoms with E-state index in [1.54, 1.807) is 4.90 Å². The van der Waals surface area contributed by atoms with Gasteiger partial charge in [-0.3, -0.25) is 9.69 Å². The number of hydrogen-bond acceptors (Lipinski definition) is 5. The van der Waals surface area contributed by atoms with Crippen molar-refractivity contribution < 1.29 is 14.3 Å². The van der Waals surface area contributed by atoms with E-state index in [2.05, 4.69) is 4.99 Å². The second-order valence-corrected chi connectivity index (χ2v) is 8.59. The summed E-state index contributed by atoms with van der Waals surface area (Å²) in [5.74, 6) is -0.149. The molecule has 0 aliphatic carbocycles. The molecule has 0 bridgehead atoms. The summed E-state index contributed by atoms with van der Waals surface area (Å²) in [7, 11) is 0. The molecule has 1 amide bonds. The van der Waals surface area contributed by atoms with Crippen LogP contribution < -0.4 is 0 Å². The van der Waals surface area contributed by atoms with Crippen LogP contribution in [0.1, 0.15) is 51.3 Å². The summed E-state index contributed by atoms with van der Waals surface area (Å²) in [6.45, 7) is 10.2. The SMILES string of the molecule is CC[C@H]1SC2=NC(C)=C(C(=O)OCC(C)C)[C@@H](c3ccc(C)cc3)N2C1=O. The average molecular weight is 387 g/mol. The predicted octanol–water partition coefficient (Wildman–Crippen LogP) is 4.23. The summed E-state index contributed by atoms with van der Waals surface area (Å²) in [6.07, 6.45) is 0.728. The van der Waals surface area contributed by atoms with Crippen LogP contribution in [-0.4, -0.2) is 33.8 Å². The number of carbonyl (C=O) groups is 2. The van der Waals surface area contributed by atoms with E-state index < -0.39 is 12.0 Å². The molecule has 0 unspecified atom stereocenters. The number of carbonyl (C=O) groups excluding carboxylic acids is 2. The standard InChI is InChI=1S/C21H26N2O3S/c1-6-16-19(24)23-18(15-9-7-13(4)8-10-15)17(14(5)22-21(23)27-16)20(25)26-11-12(2)3/h7-10,12,16,18H,6,11H2,1-5H3/t16-,18-/m1/s1. The highest BCUT2D eigenvalue weighted by Gasteiger charge is 2.47. The van der Waals surface area contributed by atoms with Gasteiger partial charge < -0.3 is 4.74 Å². The number of ether oxygens (including phenoxy) is 1. The first-order valence-corrected chi connectivity index (χ1v) is 10.2. The van der Waals surface area contributed by atoms with Crippen molar-refractivity contribution >= 4 is 28.8 Å². The Morgan fingerprint density at radius 2 is 1.93 bits per heavy atom. The lowest BCUT2D eigenvalue weighted by molar-refractivity contribution is -0.141. The molecule has 1 fully saturated rings. The minimum atomic E-state index is -0.491. The summed E-state index contributed by atoms with van der Waals surface area (Å²) >= 11 is 1.48. The Morgan fingerprint density at radius 3 is 2.52 bits per heavy atom. The molecule has 0 saturated carbocycles. The number of amidine groups is 1. The van der Waals surface area contributed by atoms with Gasteiger partial charge in [0.15, 0.2) is 5.17 Å². The van der Waals surface area contributed by atoms with Crippen LogP contribution in [-0.2, 0) is 14.3 Å². The van der Waals surface area contributed by atoms with Crippen molar-refractivity contribution in [1.29, 1.82) is 0 Å². The third kappa shape index (κ3) is 3.81. The first kappa shape index (κ1) is 19.7. The number of aryl methyl sites for hydroxylation is 1. The van der Waals surface area contributed by atoms with E-state index in [0.717, 1.165) is 17.5 Å². The zero-order valence-electron chi connectivity index (χ0n) is 16.5. The normalized spacial score (nSPS) is 22.2. The molecule has 0 N–H and O–H groups in total. The lowest BCUT2D eigenvalue weighted by Crippen LogP contribution is -2.41. The van der Waals surface area contributed by atoms with E-state index in [-0.39, 0.29) is 17.1 Å². The van der Waals surface area contributed by atoms with E-state index in [1.165, 1.54) is 11.8 Å². The quantitative estimate of drug-likeness (QED) is 0.711. The largest absolute Gasteiger partial charge is 0.462 e. The Morgan fingerprint density at radius 1 is 1.26 bits per heavy atom. The van der Waals surface area contributed by atoms with Crippen LogP contribution >= 0.6 is 11.8 Å². The second-order valence-electron chi connectivity index (χ2n) is 7.42. The predicted molar refractivity (Wildman–Crippen MR) is 108 cm³/mol. The maximum absolute atomic E-state index is 13.0. The van der Waals surface area contributed by atoms with Gasteiger partial charge >= 0.3 is 5.97 Å². The van der Waals surface area contributed by atoms with E-state index in [0.29, 0.717) is 23.0 Å². The van der Waals surface area contributed by atoms with Crippen molar-refractivity contribution in [3.8, 4) is 0 Å². The van der Waals surface area contributed by atoms with Gasteiger partial charge in [-0.1, -0.05) is 62.4 Å². The van der Waals surface area contributed by atoms with Gasteiger partial charge in [0, 0.05) is 0 Å². The molecule has 1 saturated heterocycles. The van der Waals surface area contributed by atoms with Crippen LogP contribution in [0.4, 0.5) is 0 Å². The molecule has 0 radical (unpaired) electrons. The van der Waals surface area contributed by atoms with E-state index >= 15 is 0 Å². The molecule has 2 aliphatic heterocycles. The number of rotatable bonds is 5. The maximum atomic E-state index is 13.0. The Hall–Kier alpha value is -2.08. The molecule has 0 spiro atoms. The number of hydrogen-bond donors (Lipinski definition) is 0. The van der Waals surface area contributed by atoms with E-state index in [1.807, 2.05) is 58.9 Å². The van der Waals surface area contributed by atoms with Crippen LogP contribution in [0, 0.1) is 12.8 Å². The number of aliphatic imine (C=N–C) groups is 1. The Kier molecular flexibility index (Phi) is 5.75. The van der Waals surface area contributed by atoms with Gasteiger partial charge in [0.2, 0.25) is 5.91 Å². The van der Waals surface area contributed by atoms with Crippen molar-refractivity contribution in [2.45, 2.75) is 52.3 Å². The summed E-state index contributed by atoms with van der Waals surface area (Å²) in [4.78, 5) is 32.2. The number of allylic oxidation sites excluding steroid dienone is 1. The molecule has 6 heteroatoms. The molecule has 144 valence electrons. The lowest BCUT2D eigenvalue weighted by Gasteiger charge is -2.33. The molecule has 0 aromatic heterocycles. The summed E-state index contributed by atoms with van der Waals surface area (Å²) < 4.78 is 5.51. The number of thioether (sulfide) groups is 1. The molecule has 27 heavy (non-hydrogen) atoms. The monoisotopic (exact) mass is 386 g/mol. The minimum absolute atomic E-state index is 0.00786. The molecule has 1 aromatic rings. The second kappa shape index (κ2) is 7.89. The van der Waals surface area contributed by atoms with Gasteiger partial charge in [-0.05, 0) is 31.7 Å². The fourth-order valence-corrected chi connectivity index (χ4v) is 4.37. The third-order valence-corrected chi connectivity index (χ3v) is 6.00. The molecule has 5 nitrogen and oxygen atoms in total. The molecule has 1 aromatic carbocycles. The van der Waals surface area contributed by atoms with Gasteiger partial charge in [0.05, 0.1) is 29.2 Å². The third-order valence-electron chi connectivity index (χ3n) is 4.68. The molecular formula is C21H26N2O3S. The number of amides is 1. The first-order chi connectivity index (χ1) is 12.8. The van der Waals surface area contributed by atoms with Crippen molar-refractivity contribution in [2.24, 2.45) is 10.9 Å². The van der Waals surface area contributed by atoms with Crippen molar-refractivity contribution in [3.05, 3.63) is 46.7 Å². The molecule has 2 aliphatic rings. The first-order valence-electron chi connectivity index (χ1n) is 9.36. The summed E-state index contributed by atoms with van der Waals surface area (Å²) in [5, 5.41) is 0.519. The average Bonchev–Trinajstić information content (AvgIpc) is 2.94. The molecular weight excluding hydrogens is 360 g/mol. The highest BCUT2D eigenvalue weighted by atomic mass is 32.2.